The fourth-order valence-corrected chi connectivity index (χ4v) is 3.17. The number of fused-ring (bicyclic) bond motifs is 1. The topological polar surface area (TPSA) is 76.5 Å². The Labute approximate surface area is 159 Å². The standard InChI is InChI=1S/C20H26N4O3/c1-13-7-6-8-14(11-13)21-18(25)17-15-12-24(19(26)27-20(2,3)4)10-9-16(15)23(5)22-17/h6-8,11H,9-10,12H2,1-5H3,(H,21,25). The van der Waals surface area contributed by atoms with Crippen molar-refractivity contribution in [3.8, 4) is 0 Å². The summed E-state index contributed by atoms with van der Waals surface area (Å²) in [5, 5.41) is 7.30. The van der Waals surface area contributed by atoms with E-state index in [1.165, 1.54) is 0 Å². The zero-order valence-electron chi connectivity index (χ0n) is 16.5. The maximum atomic E-state index is 12.8. The van der Waals surface area contributed by atoms with Gasteiger partial charge in [0.15, 0.2) is 5.69 Å². The van der Waals surface area contributed by atoms with Crippen LogP contribution < -0.4 is 5.32 Å². The number of aryl methyl sites for hydroxylation is 2. The van der Waals surface area contributed by atoms with E-state index in [-0.39, 0.29) is 12.0 Å². The summed E-state index contributed by atoms with van der Waals surface area (Å²) >= 11 is 0. The molecule has 0 spiro atoms. The Kier molecular flexibility index (Phi) is 4.95. The SMILES string of the molecule is Cc1cccc(NC(=O)c2nn(C)c3c2CN(C(=O)OC(C)(C)C)CC3)c1. The van der Waals surface area contributed by atoms with Crippen molar-refractivity contribution in [2.24, 2.45) is 7.05 Å². The Balaban J connectivity index is 1.81. The molecule has 1 aliphatic heterocycles. The van der Waals surface area contributed by atoms with E-state index in [4.69, 9.17) is 4.74 Å². The first-order chi connectivity index (χ1) is 12.6. The van der Waals surface area contributed by atoms with Gasteiger partial charge in [0.1, 0.15) is 5.60 Å². The highest BCUT2D eigenvalue weighted by Gasteiger charge is 2.31. The van der Waals surface area contributed by atoms with Gasteiger partial charge in [-0.25, -0.2) is 4.79 Å². The number of anilines is 1. The maximum Gasteiger partial charge on any atom is 0.410 e. The van der Waals surface area contributed by atoms with Gasteiger partial charge in [-0.3, -0.25) is 9.48 Å². The van der Waals surface area contributed by atoms with Gasteiger partial charge >= 0.3 is 6.09 Å². The van der Waals surface area contributed by atoms with E-state index < -0.39 is 5.60 Å². The molecule has 0 saturated carbocycles. The molecule has 3 rings (SSSR count). The maximum absolute atomic E-state index is 12.8. The minimum absolute atomic E-state index is 0.275. The van der Waals surface area contributed by atoms with Crippen LogP contribution in [-0.4, -0.2) is 38.8 Å². The van der Waals surface area contributed by atoms with Gasteiger partial charge in [0.25, 0.3) is 5.91 Å². The second-order valence-electron chi connectivity index (χ2n) is 7.87. The van der Waals surface area contributed by atoms with Crippen molar-refractivity contribution in [2.45, 2.75) is 46.3 Å². The Morgan fingerprint density at radius 3 is 2.67 bits per heavy atom. The van der Waals surface area contributed by atoms with Crippen LogP contribution in [0.25, 0.3) is 0 Å². The molecule has 144 valence electrons. The average molecular weight is 370 g/mol. The van der Waals surface area contributed by atoms with Gasteiger partial charge in [-0.1, -0.05) is 12.1 Å². The summed E-state index contributed by atoms with van der Waals surface area (Å²) in [4.78, 5) is 26.8. The number of carbonyl (C=O) groups is 2. The molecular weight excluding hydrogens is 344 g/mol. The molecule has 2 amide bonds. The van der Waals surface area contributed by atoms with Crippen molar-refractivity contribution in [3.63, 3.8) is 0 Å². The molecule has 1 aromatic heterocycles. The molecule has 0 radical (unpaired) electrons. The minimum atomic E-state index is -0.558. The van der Waals surface area contributed by atoms with Crippen LogP contribution in [0.2, 0.25) is 0 Å². The summed E-state index contributed by atoms with van der Waals surface area (Å²) in [5.74, 6) is -0.275. The third kappa shape index (κ3) is 4.30. The smallest absolute Gasteiger partial charge is 0.410 e. The van der Waals surface area contributed by atoms with E-state index in [2.05, 4.69) is 10.4 Å². The number of nitrogens with one attached hydrogen (secondary N) is 1. The zero-order chi connectivity index (χ0) is 19.8. The van der Waals surface area contributed by atoms with Crippen molar-refractivity contribution < 1.29 is 14.3 Å². The van der Waals surface area contributed by atoms with Crippen LogP contribution in [-0.2, 0) is 24.8 Å². The van der Waals surface area contributed by atoms with Gasteiger partial charge < -0.3 is 15.0 Å². The number of benzene rings is 1. The number of hydrogen-bond donors (Lipinski definition) is 1. The van der Waals surface area contributed by atoms with Crippen LogP contribution >= 0.6 is 0 Å². The number of nitrogens with zero attached hydrogens (tertiary/aromatic N) is 3. The summed E-state index contributed by atoms with van der Waals surface area (Å²) in [6.45, 7) is 8.34. The lowest BCUT2D eigenvalue weighted by Crippen LogP contribution is -2.40. The molecule has 0 fully saturated rings. The van der Waals surface area contributed by atoms with Gasteiger partial charge in [-0.05, 0) is 45.4 Å². The molecule has 27 heavy (non-hydrogen) atoms. The normalized spacial score (nSPS) is 13.9. The van der Waals surface area contributed by atoms with Gasteiger partial charge in [-0.15, -0.1) is 0 Å². The molecule has 0 aliphatic carbocycles. The van der Waals surface area contributed by atoms with E-state index >= 15 is 0 Å². The highest BCUT2D eigenvalue weighted by Crippen LogP contribution is 2.24. The molecule has 1 aromatic carbocycles. The number of aromatic nitrogens is 2. The number of hydrogen-bond acceptors (Lipinski definition) is 4. The van der Waals surface area contributed by atoms with Crippen LogP contribution in [0.3, 0.4) is 0 Å². The van der Waals surface area contributed by atoms with Crippen LogP contribution in [0.4, 0.5) is 10.5 Å². The van der Waals surface area contributed by atoms with Gasteiger partial charge in [0, 0.05) is 37.0 Å². The van der Waals surface area contributed by atoms with E-state index in [0.717, 1.165) is 22.5 Å². The minimum Gasteiger partial charge on any atom is -0.444 e. The lowest BCUT2D eigenvalue weighted by Gasteiger charge is -2.30. The summed E-state index contributed by atoms with van der Waals surface area (Å²) < 4.78 is 7.20. The molecule has 0 unspecified atom stereocenters. The predicted molar refractivity (Wildman–Crippen MR) is 103 cm³/mol. The molecule has 0 saturated heterocycles. The highest BCUT2D eigenvalue weighted by atomic mass is 16.6. The first-order valence-corrected chi connectivity index (χ1v) is 9.05. The number of amides is 2. The largest absolute Gasteiger partial charge is 0.444 e. The second kappa shape index (κ2) is 7.06. The van der Waals surface area contributed by atoms with Crippen LogP contribution in [0, 0.1) is 6.92 Å². The van der Waals surface area contributed by atoms with E-state index in [9.17, 15) is 9.59 Å². The Morgan fingerprint density at radius 1 is 1.26 bits per heavy atom. The molecule has 0 bridgehead atoms. The van der Waals surface area contributed by atoms with E-state index in [1.807, 2.05) is 59.0 Å². The number of carbonyl (C=O) groups excluding carboxylic acids is 2. The van der Waals surface area contributed by atoms with Crippen molar-refractivity contribution in [3.05, 3.63) is 46.8 Å². The van der Waals surface area contributed by atoms with Crippen molar-refractivity contribution in [2.75, 3.05) is 11.9 Å². The molecule has 1 N–H and O–H groups in total. The monoisotopic (exact) mass is 370 g/mol. The van der Waals surface area contributed by atoms with Crippen LogP contribution in [0.15, 0.2) is 24.3 Å². The third-order valence-electron chi connectivity index (χ3n) is 4.39. The summed E-state index contributed by atoms with van der Waals surface area (Å²) in [7, 11) is 1.82. The van der Waals surface area contributed by atoms with Gasteiger partial charge in [0.05, 0.1) is 6.54 Å². The van der Waals surface area contributed by atoms with Gasteiger partial charge in [-0.2, -0.15) is 5.10 Å². The summed E-state index contributed by atoms with van der Waals surface area (Å²) in [6.07, 6.45) is 0.262. The predicted octanol–water partition coefficient (Wildman–Crippen LogP) is 3.27. The van der Waals surface area contributed by atoms with Crippen molar-refractivity contribution in [1.82, 2.24) is 14.7 Å². The van der Waals surface area contributed by atoms with Crippen molar-refractivity contribution in [1.29, 1.82) is 0 Å². The third-order valence-corrected chi connectivity index (χ3v) is 4.39. The Morgan fingerprint density at radius 2 is 2.00 bits per heavy atom. The molecule has 2 heterocycles. The van der Waals surface area contributed by atoms with Gasteiger partial charge in [0.2, 0.25) is 0 Å². The summed E-state index contributed by atoms with van der Waals surface area (Å²) in [5.41, 5.74) is 3.33. The second-order valence-corrected chi connectivity index (χ2v) is 7.87. The van der Waals surface area contributed by atoms with Crippen LogP contribution in [0.1, 0.15) is 48.1 Å². The lowest BCUT2D eigenvalue weighted by molar-refractivity contribution is 0.0222. The number of rotatable bonds is 2. The molecule has 1 aliphatic rings. The zero-order valence-corrected chi connectivity index (χ0v) is 16.5. The fraction of sp³-hybridized carbons (Fsp3) is 0.450. The van der Waals surface area contributed by atoms with Crippen LogP contribution in [0.5, 0.6) is 0 Å². The molecule has 7 heteroatoms. The Hall–Kier alpha value is -2.83. The molecular formula is C20H26N4O3. The average Bonchev–Trinajstić information content (AvgIpc) is 2.90. The van der Waals surface area contributed by atoms with E-state index in [0.29, 0.717) is 25.2 Å². The Bertz CT molecular complexity index is 880. The molecule has 2 aromatic rings. The first kappa shape index (κ1) is 18.9. The quantitative estimate of drug-likeness (QED) is 0.880. The van der Waals surface area contributed by atoms with E-state index in [1.54, 1.807) is 9.58 Å². The molecule has 0 atom stereocenters. The van der Waals surface area contributed by atoms with Crippen molar-refractivity contribution >= 4 is 17.7 Å². The first-order valence-electron chi connectivity index (χ1n) is 9.05. The highest BCUT2D eigenvalue weighted by molar-refractivity contribution is 6.04. The summed E-state index contributed by atoms with van der Waals surface area (Å²) in [6, 6.07) is 7.60. The lowest BCUT2D eigenvalue weighted by atomic mass is 10.0. The fourth-order valence-electron chi connectivity index (χ4n) is 3.17. The number of ether oxygens (including phenoxy) is 1. The molecule has 7 nitrogen and oxygen atoms in total.